The summed E-state index contributed by atoms with van der Waals surface area (Å²) in [6.07, 6.45) is 7.93. The van der Waals surface area contributed by atoms with Crippen molar-refractivity contribution in [1.29, 1.82) is 0 Å². The van der Waals surface area contributed by atoms with Gasteiger partial charge in [0.1, 0.15) is 11.8 Å². The second-order valence-electron chi connectivity index (χ2n) is 12.3. The molecule has 6 atom stereocenters. The minimum absolute atomic E-state index is 0.130. The van der Waals surface area contributed by atoms with Gasteiger partial charge in [-0.3, -0.25) is 14.4 Å². The lowest BCUT2D eigenvalue weighted by Gasteiger charge is -2.41. The van der Waals surface area contributed by atoms with Crippen molar-refractivity contribution in [2.45, 2.75) is 49.3 Å². The third-order valence-electron chi connectivity index (χ3n) is 9.41. The number of hydrogen-bond donors (Lipinski definition) is 1. The van der Waals surface area contributed by atoms with Crippen LogP contribution in [0.15, 0.2) is 72.8 Å². The van der Waals surface area contributed by atoms with Crippen molar-refractivity contribution in [1.82, 2.24) is 4.90 Å². The van der Waals surface area contributed by atoms with Crippen LogP contribution in [0, 0.1) is 17.8 Å². The highest BCUT2D eigenvalue weighted by molar-refractivity contribution is 8.02. The van der Waals surface area contributed by atoms with Crippen LogP contribution >= 0.6 is 23.4 Å². The van der Waals surface area contributed by atoms with E-state index in [1.54, 1.807) is 26.8 Å². The first kappa shape index (κ1) is 30.7. The number of carbonyl (C=O) groups is 3. The van der Waals surface area contributed by atoms with Crippen LogP contribution < -0.4 is 14.5 Å². The Morgan fingerprint density at radius 2 is 1.64 bits per heavy atom. The molecule has 4 heterocycles. The quantitative estimate of drug-likeness (QED) is 0.433. The van der Waals surface area contributed by atoms with E-state index in [9.17, 15) is 19.5 Å². The molecule has 44 heavy (non-hydrogen) atoms. The van der Waals surface area contributed by atoms with Gasteiger partial charge in [0, 0.05) is 23.5 Å². The zero-order valence-corrected chi connectivity index (χ0v) is 26.9. The van der Waals surface area contributed by atoms with Gasteiger partial charge >= 0.3 is 0 Å². The first-order valence-electron chi connectivity index (χ1n) is 15.2. The Morgan fingerprint density at radius 1 is 0.955 bits per heavy atom. The van der Waals surface area contributed by atoms with Crippen LogP contribution in [-0.4, -0.2) is 75.6 Å². The van der Waals surface area contributed by atoms with Crippen LogP contribution in [0.4, 0.5) is 11.4 Å². The predicted molar refractivity (Wildman–Crippen MR) is 174 cm³/mol. The monoisotopic (exact) mass is 635 g/mol. The molecule has 1 N–H and O–H groups in total. The van der Waals surface area contributed by atoms with Gasteiger partial charge in [0.25, 0.3) is 5.91 Å². The van der Waals surface area contributed by atoms with Gasteiger partial charge in [-0.15, -0.1) is 11.8 Å². The van der Waals surface area contributed by atoms with Crippen LogP contribution in [0.2, 0.25) is 5.02 Å². The fourth-order valence-electron chi connectivity index (χ4n) is 7.45. The van der Waals surface area contributed by atoms with Gasteiger partial charge in [-0.05, 0) is 56.2 Å². The molecule has 0 aliphatic carbocycles. The van der Waals surface area contributed by atoms with E-state index in [0.29, 0.717) is 35.3 Å². The summed E-state index contributed by atoms with van der Waals surface area (Å²) in [7, 11) is 0. The molecule has 0 aromatic heterocycles. The fourth-order valence-corrected chi connectivity index (χ4v) is 9.83. The number of aliphatic hydroxyl groups excluding tert-OH is 1. The molecule has 0 bridgehead atoms. The van der Waals surface area contributed by atoms with Crippen molar-refractivity contribution < 1.29 is 24.2 Å². The lowest BCUT2D eigenvalue weighted by molar-refractivity contribution is -0.143. The van der Waals surface area contributed by atoms with E-state index < -0.39 is 33.4 Å². The number of benzene rings is 2. The molecule has 2 aromatic carbocycles. The number of rotatable bonds is 7. The zero-order valence-electron chi connectivity index (χ0n) is 25.4. The van der Waals surface area contributed by atoms with E-state index in [-0.39, 0.29) is 36.8 Å². The lowest BCUT2D eigenvalue weighted by atomic mass is 9.74. The van der Waals surface area contributed by atoms with Crippen molar-refractivity contribution in [2.24, 2.45) is 17.8 Å². The van der Waals surface area contributed by atoms with Crippen LogP contribution in [-0.2, 0) is 14.4 Å². The van der Waals surface area contributed by atoms with Crippen LogP contribution in [0.1, 0.15) is 27.7 Å². The van der Waals surface area contributed by atoms with E-state index in [1.165, 1.54) is 11.8 Å². The minimum Gasteiger partial charge on any atom is -0.494 e. The molecule has 2 fully saturated rings. The Morgan fingerprint density at radius 3 is 2.30 bits per heavy atom. The van der Waals surface area contributed by atoms with Crippen molar-refractivity contribution in [2.75, 3.05) is 36.1 Å². The highest BCUT2D eigenvalue weighted by atomic mass is 35.5. The van der Waals surface area contributed by atoms with Gasteiger partial charge in [-0.2, -0.15) is 0 Å². The number of thioether (sulfide) groups is 1. The average molecular weight is 636 g/mol. The molecule has 2 saturated heterocycles. The number of halogens is 1. The molecule has 4 aliphatic heterocycles. The van der Waals surface area contributed by atoms with E-state index in [0.717, 1.165) is 0 Å². The molecule has 2 aromatic rings. The Kier molecular flexibility index (Phi) is 8.09. The predicted octanol–water partition coefficient (Wildman–Crippen LogP) is 4.95. The van der Waals surface area contributed by atoms with Gasteiger partial charge in [0.2, 0.25) is 11.8 Å². The molecule has 232 valence electrons. The Bertz CT molecular complexity index is 1530. The number of amides is 3. The second kappa shape index (κ2) is 11.6. The zero-order chi connectivity index (χ0) is 31.4. The fraction of sp³-hybridized carbons (Fsp3) is 0.441. The molecule has 6 rings (SSSR count). The molecule has 1 spiro atoms. The van der Waals surface area contributed by atoms with E-state index in [1.807, 2.05) is 88.4 Å². The van der Waals surface area contributed by atoms with Crippen molar-refractivity contribution in [3.63, 3.8) is 0 Å². The molecular formula is C34H38ClN3O5S. The number of ether oxygens (including phenoxy) is 1. The molecule has 8 nitrogen and oxygen atoms in total. The molecule has 4 aliphatic rings. The first-order chi connectivity index (χ1) is 21.1. The molecule has 0 radical (unpaired) electrons. The number of nitrogens with zero attached hydrogens (tertiary/aromatic N) is 3. The summed E-state index contributed by atoms with van der Waals surface area (Å²) in [5.74, 6) is -1.69. The molecule has 10 heteroatoms. The third-order valence-corrected chi connectivity index (χ3v) is 11.5. The minimum atomic E-state index is -1.03. The Hall–Kier alpha value is -3.27. The van der Waals surface area contributed by atoms with Gasteiger partial charge in [-0.1, -0.05) is 61.9 Å². The number of aliphatic hydroxyl groups is 1. The summed E-state index contributed by atoms with van der Waals surface area (Å²) in [6.45, 7) is 8.65. The lowest BCUT2D eigenvalue weighted by Crippen LogP contribution is -2.58. The summed E-state index contributed by atoms with van der Waals surface area (Å²) in [5, 5.41) is 11.0. The summed E-state index contributed by atoms with van der Waals surface area (Å²) < 4.78 is 3.82. The molecule has 1 unspecified atom stereocenters. The Balaban J connectivity index is 1.48. The van der Waals surface area contributed by atoms with Crippen molar-refractivity contribution >= 4 is 52.5 Å². The number of carbonyl (C=O) groups excluding carboxylic acids is 3. The Labute approximate surface area is 267 Å². The maximum atomic E-state index is 14.8. The molecular weight excluding hydrogens is 598 g/mol. The number of anilines is 2. The summed E-state index contributed by atoms with van der Waals surface area (Å²) >= 11 is 8.11. The summed E-state index contributed by atoms with van der Waals surface area (Å²) in [6, 6.07) is 13.0. The van der Waals surface area contributed by atoms with Crippen LogP contribution in [0.25, 0.3) is 0 Å². The summed E-state index contributed by atoms with van der Waals surface area (Å²) in [5.41, 5.74) is 1.27. The van der Waals surface area contributed by atoms with Crippen LogP contribution in [0.5, 0.6) is 5.75 Å². The van der Waals surface area contributed by atoms with Gasteiger partial charge in [-0.25, -0.2) is 0 Å². The maximum absolute atomic E-state index is 14.8. The van der Waals surface area contributed by atoms with E-state index in [2.05, 4.69) is 0 Å². The normalized spacial score (nSPS) is 30.3. The SMILES string of the molecule is CCOc1ccc(N2CC=C[C@@]3(C)S[C@]45C=CCN(c6ccccc6Cl)C(=O)C4N([C@@H](CO)C(C)C)C(=O)[C@@H]5[C@H]3C2=O)cc1. The third kappa shape index (κ3) is 4.66. The van der Waals surface area contributed by atoms with Gasteiger partial charge < -0.3 is 24.5 Å². The molecule has 0 saturated carbocycles. The number of fused-ring (bicyclic) bond motifs is 2. The number of para-hydroxylation sites is 1. The molecule has 3 amide bonds. The largest absolute Gasteiger partial charge is 0.494 e. The maximum Gasteiger partial charge on any atom is 0.251 e. The summed E-state index contributed by atoms with van der Waals surface area (Å²) in [4.78, 5) is 49.2. The van der Waals surface area contributed by atoms with Crippen LogP contribution in [0.3, 0.4) is 0 Å². The highest BCUT2D eigenvalue weighted by Crippen LogP contribution is 2.66. The number of hydrogen-bond acceptors (Lipinski definition) is 6. The van der Waals surface area contributed by atoms with Crippen molar-refractivity contribution in [3.05, 3.63) is 77.9 Å². The van der Waals surface area contributed by atoms with E-state index in [4.69, 9.17) is 16.3 Å². The van der Waals surface area contributed by atoms with E-state index >= 15 is 0 Å². The van der Waals surface area contributed by atoms with Crippen molar-refractivity contribution in [3.8, 4) is 5.75 Å². The number of likely N-dealkylation sites (tertiary alicyclic amines) is 1. The second-order valence-corrected chi connectivity index (χ2v) is 14.5. The van der Waals surface area contributed by atoms with Gasteiger partial charge in [0.05, 0.1) is 46.5 Å². The standard InChI is InChI=1S/C34H38ClN3O5S/c1-5-43-23-14-12-22(13-15-23)36-18-8-16-33(4)27(30(36)40)28-31(41)38(26(20-39)21(2)3)29-32(42)37(19-9-17-34(28,29)44-33)25-11-7-6-10-24(25)35/h6-17,21,26-29,39H,5,18-20H2,1-4H3/t26-,27-,28-,29?,33+,34-/m0/s1. The average Bonchev–Trinajstić information content (AvgIpc) is 3.26. The first-order valence-corrected chi connectivity index (χ1v) is 16.4. The topological polar surface area (TPSA) is 90.4 Å². The smallest absolute Gasteiger partial charge is 0.251 e. The van der Waals surface area contributed by atoms with Gasteiger partial charge in [0.15, 0.2) is 0 Å². The highest BCUT2D eigenvalue weighted by Gasteiger charge is 2.74.